The molecule has 1 aromatic carbocycles. The molecule has 0 saturated heterocycles. The molecule has 0 radical (unpaired) electrons. The molecule has 0 atom stereocenters. The summed E-state index contributed by atoms with van der Waals surface area (Å²) in [5.74, 6) is 0.502. The minimum atomic E-state index is -0.266. The van der Waals surface area contributed by atoms with Crippen LogP contribution in [0.5, 0.6) is 5.75 Å². The maximum atomic E-state index is 12.3. The Hall–Kier alpha value is -1.44. The molecule has 1 aromatic heterocycles. The Morgan fingerprint density at radius 1 is 1.36 bits per heavy atom. The molecule has 2 aromatic rings. The number of carbonyl (C=O) groups is 1. The lowest BCUT2D eigenvalue weighted by molar-refractivity contribution is 0.0963. The number of amides is 1. The van der Waals surface area contributed by atoms with Gasteiger partial charge in [0.05, 0.1) is 28.8 Å². The number of hydrogen-bond donors (Lipinski definition) is 2. The predicted molar refractivity (Wildman–Crippen MR) is 95.1 cm³/mol. The van der Waals surface area contributed by atoms with Crippen LogP contribution in [0.15, 0.2) is 12.1 Å². The fourth-order valence-electron chi connectivity index (χ4n) is 2.65. The van der Waals surface area contributed by atoms with Gasteiger partial charge in [0.1, 0.15) is 9.57 Å². The minimum Gasteiger partial charge on any atom is -0.497 e. The lowest BCUT2D eigenvalue weighted by atomic mass is 9.88. The molecule has 1 aliphatic rings. The third-order valence-corrected chi connectivity index (χ3v) is 7.07. The molecule has 0 spiro atoms. The summed E-state index contributed by atoms with van der Waals surface area (Å²) in [7, 11) is 6.51. The highest BCUT2D eigenvalue weighted by molar-refractivity contribution is 7.80. The zero-order valence-electron chi connectivity index (χ0n) is 12.7. The van der Waals surface area contributed by atoms with Crippen molar-refractivity contribution >= 4 is 44.5 Å². The van der Waals surface area contributed by atoms with Crippen LogP contribution in [0.2, 0.25) is 0 Å². The van der Waals surface area contributed by atoms with Gasteiger partial charge >= 0.3 is 0 Å². The van der Waals surface area contributed by atoms with Crippen LogP contribution in [0.25, 0.3) is 11.1 Å². The Kier molecular flexibility index (Phi) is 3.74. The molecule has 0 fully saturated rings. The molecule has 1 aliphatic heterocycles. The van der Waals surface area contributed by atoms with Crippen molar-refractivity contribution in [1.29, 1.82) is 0 Å². The molecule has 2 N–H and O–H groups in total. The summed E-state index contributed by atoms with van der Waals surface area (Å²) in [5.41, 5.74) is 3.11. The molecular weight excluding hydrogens is 336 g/mol. The average Bonchev–Trinajstić information content (AvgIpc) is 2.89. The maximum Gasteiger partial charge on any atom is 0.253 e. The highest BCUT2D eigenvalue weighted by Crippen LogP contribution is 2.50. The topological polar surface area (TPSA) is 50.4 Å². The Morgan fingerprint density at radius 2 is 2.09 bits per heavy atom. The third-order valence-electron chi connectivity index (χ3n) is 3.73. The summed E-state index contributed by atoms with van der Waals surface area (Å²) in [5, 5.41) is 6.18. The molecule has 0 unspecified atom stereocenters. The van der Waals surface area contributed by atoms with Gasteiger partial charge in [-0.05, 0) is 26.0 Å². The highest BCUT2D eigenvalue weighted by atomic mass is 32.9. The average molecular weight is 353 g/mol. The van der Waals surface area contributed by atoms with Crippen LogP contribution in [0.3, 0.4) is 0 Å². The van der Waals surface area contributed by atoms with Crippen LogP contribution >= 0.6 is 32.9 Å². The Bertz CT molecular complexity index is 821. The van der Waals surface area contributed by atoms with Gasteiger partial charge in [-0.15, -0.1) is 0 Å². The highest BCUT2D eigenvalue weighted by Gasteiger charge is 2.35. The number of benzene rings is 1. The quantitative estimate of drug-likeness (QED) is 0.627. The van der Waals surface area contributed by atoms with Crippen molar-refractivity contribution < 1.29 is 9.53 Å². The van der Waals surface area contributed by atoms with Crippen molar-refractivity contribution in [3.8, 4) is 16.9 Å². The van der Waals surface area contributed by atoms with Crippen molar-refractivity contribution in [2.24, 2.45) is 0 Å². The van der Waals surface area contributed by atoms with E-state index in [9.17, 15) is 4.79 Å². The van der Waals surface area contributed by atoms with Crippen LogP contribution in [0.1, 0.15) is 29.1 Å². The van der Waals surface area contributed by atoms with Gasteiger partial charge in [0.15, 0.2) is 0 Å². The molecular formula is C15H16N2O2S3. The summed E-state index contributed by atoms with van der Waals surface area (Å²) >= 11 is 5.53. The van der Waals surface area contributed by atoms with Crippen molar-refractivity contribution in [3.63, 3.8) is 0 Å². The lowest BCUT2D eigenvalue weighted by Crippen LogP contribution is -2.32. The van der Waals surface area contributed by atoms with Gasteiger partial charge in [-0.1, -0.05) is 32.9 Å². The van der Waals surface area contributed by atoms with E-state index in [1.165, 1.54) is 4.88 Å². The molecule has 22 heavy (non-hydrogen) atoms. The van der Waals surface area contributed by atoms with E-state index in [1.807, 2.05) is 6.07 Å². The number of carbonyl (C=O) groups excluding carboxylic acids is 1. The van der Waals surface area contributed by atoms with E-state index in [0.29, 0.717) is 11.3 Å². The van der Waals surface area contributed by atoms with E-state index in [4.69, 9.17) is 17.0 Å². The van der Waals surface area contributed by atoms with E-state index >= 15 is 0 Å². The summed E-state index contributed by atoms with van der Waals surface area (Å²) in [6, 6.07) is 3.70. The van der Waals surface area contributed by atoms with Crippen molar-refractivity contribution in [1.82, 2.24) is 5.32 Å². The second kappa shape index (κ2) is 5.33. The number of hydrogen-bond acceptors (Lipinski definition) is 6. The van der Waals surface area contributed by atoms with E-state index in [-0.39, 0.29) is 11.4 Å². The van der Waals surface area contributed by atoms with E-state index in [2.05, 4.69) is 24.5 Å². The first-order valence-electron chi connectivity index (χ1n) is 6.75. The number of anilines is 1. The third kappa shape index (κ3) is 2.24. The summed E-state index contributed by atoms with van der Waals surface area (Å²) in [6.45, 7) is 4.20. The molecule has 4 nitrogen and oxygen atoms in total. The normalized spacial score (nSPS) is 14.5. The molecule has 0 aliphatic carbocycles. The van der Waals surface area contributed by atoms with Gasteiger partial charge in [-0.2, -0.15) is 0 Å². The Labute approximate surface area is 141 Å². The van der Waals surface area contributed by atoms with Crippen molar-refractivity contribution in [3.05, 3.63) is 26.4 Å². The second-order valence-corrected chi connectivity index (χ2v) is 8.40. The number of methoxy groups -OCH3 is 1. The number of ether oxygens (including phenoxy) is 1. The van der Waals surface area contributed by atoms with Crippen LogP contribution in [0, 0.1) is 3.82 Å². The molecule has 116 valence electrons. The van der Waals surface area contributed by atoms with Crippen LogP contribution in [0.4, 0.5) is 5.69 Å². The lowest BCUT2D eigenvalue weighted by Gasteiger charge is -2.34. The zero-order valence-corrected chi connectivity index (χ0v) is 15.1. The summed E-state index contributed by atoms with van der Waals surface area (Å²) in [4.78, 5) is 13.5. The van der Waals surface area contributed by atoms with Gasteiger partial charge < -0.3 is 15.4 Å². The molecule has 7 heteroatoms. The van der Waals surface area contributed by atoms with E-state index in [1.54, 1.807) is 40.9 Å². The van der Waals surface area contributed by atoms with E-state index in [0.717, 1.165) is 20.6 Å². The first kappa shape index (κ1) is 15.5. The van der Waals surface area contributed by atoms with Gasteiger partial charge in [0.2, 0.25) is 0 Å². The number of fused-ring (bicyclic) bond motifs is 3. The standard InChI is InChI=1S/C15H16N2O2S3/c1-15(2)12-10(14(20)22-21-12)8-5-7(19-4)6-9(11(8)17-15)13(18)16-3/h5-6,17H,1-4H3,(H,16,18). The predicted octanol–water partition coefficient (Wildman–Crippen LogP) is 4.23. The monoisotopic (exact) mass is 352 g/mol. The van der Waals surface area contributed by atoms with Crippen LogP contribution < -0.4 is 15.4 Å². The summed E-state index contributed by atoms with van der Waals surface area (Å²) in [6.07, 6.45) is 0. The second-order valence-electron chi connectivity index (χ2n) is 5.58. The van der Waals surface area contributed by atoms with Crippen molar-refractivity contribution in [2.75, 3.05) is 19.5 Å². The SMILES string of the molecule is CNC(=O)c1cc(OC)cc2c1NC(C)(C)c1ssc(=S)c1-2. The smallest absolute Gasteiger partial charge is 0.253 e. The van der Waals surface area contributed by atoms with Gasteiger partial charge in [0, 0.05) is 18.2 Å². The molecule has 1 amide bonds. The number of rotatable bonds is 2. The van der Waals surface area contributed by atoms with Gasteiger partial charge in [0.25, 0.3) is 5.91 Å². The maximum absolute atomic E-state index is 12.3. The molecule has 0 bridgehead atoms. The van der Waals surface area contributed by atoms with Crippen LogP contribution in [-0.2, 0) is 5.54 Å². The fraction of sp³-hybridized carbons (Fsp3) is 0.333. The van der Waals surface area contributed by atoms with E-state index < -0.39 is 0 Å². The molecule has 3 rings (SSSR count). The molecule has 0 saturated carbocycles. The number of nitrogens with one attached hydrogen (secondary N) is 2. The minimum absolute atomic E-state index is 0.147. The first-order chi connectivity index (χ1) is 10.4. The first-order valence-corrected chi connectivity index (χ1v) is 9.31. The van der Waals surface area contributed by atoms with Crippen molar-refractivity contribution in [2.45, 2.75) is 19.4 Å². The van der Waals surface area contributed by atoms with Gasteiger partial charge in [-0.3, -0.25) is 4.79 Å². The van der Waals surface area contributed by atoms with Gasteiger partial charge in [-0.25, -0.2) is 0 Å². The Balaban J connectivity index is 2.38. The Morgan fingerprint density at radius 3 is 2.73 bits per heavy atom. The summed E-state index contributed by atoms with van der Waals surface area (Å²) < 4.78 is 6.22. The largest absolute Gasteiger partial charge is 0.497 e. The fourth-order valence-corrected chi connectivity index (χ4v) is 5.91. The molecule has 2 heterocycles. The zero-order chi connectivity index (χ0) is 16.1. The van der Waals surface area contributed by atoms with Crippen LogP contribution in [-0.4, -0.2) is 20.1 Å².